The van der Waals surface area contributed by atoms with Crippen LogP contribution in [0.4, 0.5) is 0 Å². The van der Waals surface area contributed by atoms with E-state index in [0.29, 0.717) is 12.5 Å². The third-order valence-electron chi connectivity index (χ3n) is 4.93. The largest absolute Gasteiger partial charge is 0.357 e. The van der Waals surface area contributed by atoms with Gasteiger partial charge in [0.15, 0.2) is 0 Å². The number of H-pyrrole nitrogens is 1. The van der Waals surface area contributed by atoms with Crippen LogP contribution in [0.1, 0.15) is 12.1 Å². The lowest BCUT2D eigenvalue weighted by atomic mass is 10.1. The van der Waals surface area contributed by atoms with Crippen molar-refractivity contribution in [3.05, 3.63) is 60.6 Å². The number of carbonyl (C=O) groups is 1. The van der Waals surface area contributed by atoms with Crippen molar-refractivity contribution in [2.45, 2.75) is 19.5 Å². The predicted octanol–water partition coefficient (Wildman–Crippen LogP) is 2.61. The molecule has 25 heavy (non-hydrogen) atoms. The molecule has 1 saturated heterocycles. The summed E-state index contributed by atoms with van der Waals surface area (Å²) in [5.74, 6) is 0.628. The van der Waals surface area contributed by atoms with Gasteiger partial charge in [-0.3, -0.25) is 9.69 Å². The van der Waals surface area contributed by atoms with E-state index in [1.807, 2.05) is 29.1 Å². The lowest BCUT2D eigenvalue weighted by Gasteiger charge is -2.15. The Labute approximate surface area is 147 Å². The second-order valence-electron chi connectivity index (χ2n) is 6.93. The van der Waals surface area contributed by atoms with Crippen molar-refractivity contribution in [3.63, 3.8) is 0 Å². The Balaban J connectivity index is 1.24. The zero-order valence-electron chi connectivity index (χ0n) is 14.3. The molecule has 3 aromatic rings. The molecule has 0 spiro atoms. The summed E-state index contributed by atoms with van der Waals surface area (Å²) < 4.78 is 1.90. The van der Waals surface area contributed by atoms with Crippen molar-refractivity contribution in [1.29, 1.82) is 0 Å². The molecule has 0 unspecified atom stereocenters. The molecule has 1 amide bonds. The van der Waals surface area contributed by atoms with E-state index >= 15 is 0 Å². The van der Waals surface area contributed by atoms with Crippen LogP contribution in [0.15, 0.2) is 54.9 Å². The average Bonchev–Trinajstić information content (AvgIpc) is 3.33. The first-order valence-electron chi connectivity index (χ1n) is 8.93. The molecule has 1 aliphatic rings. The molecule has 130 valence electrons. The third-order valence-corrected chi connectivity index (χ3v) is 4.93. The van der Waals surface area contributed by atoms with Crippen molar-refractivity contribution >= 4 is 16.8 Å². The van der Waals surface area contributed by atoms with E-state index in [4.69, 9.17) is 0 Å². The van der Waals surface area contributed by atoms with Gasteiger partial charge in [0.2, 0.25) is 5.91 Å². The monoisotopic (exact) mass is 336 g/mol. The highest BCUT2D eigenvalue weighted by atomic mass is 16.1. The summed E-state index contributed by atoms with van der Waals surface area (Å²) in [5, 5.41) is 4.34. The summed E-state index contributed by atoms with van der Waals surface area (Å²) in [7, 11) is 0. The van der Waals surface area contributed by atoms with Gasteiger partial charge in [-0.1, -0.05) is 18.2 Å². The first-order chi connectivity index (χ1) is 12.3. The molecule has 1 atom stereocenters. The van der Waals surface area contributed by atoms with Crippen LogP contribution >= 0.6 is 0 Å². The molecule has 5 nitrogen and oxygen atoms in total. The number of aromatic nitrogens is 2. The van der Waals surface area contributed by atoms with Crippen molar-refractivity contribution in [2.75, 3.05) is 19.6 Å². The van der Waals surface area contributed by atoms with Gasteiger partial charge in [-0.2, -0.15) is 0 Å². The molecule has 0 radical (unpaired) electrons. The molecule has 2 aromatic heterocycles. The van der Waals surface area contributed by atoms with E-state index < -0.39 is 0 Å². The number of nitrogens with one attached hydrogen (secondary N) is 2. The molecule has 1 aliphatic heterocycles. The number of hydrogen-bond acceptors (Lipinski definition) is 2. The van der Waals surface area contributed by atoms with Crippen molar-refractivity contribution in [3.8, 4) is 0 Å². The van der Waals surface area contributed by atoms with Gasteiger partial charge in [0.05, 0.1) is 0 Å². The molecule has 1 aromatic carbocycles. The maximum absolute atomic E-state index is 12.0. The Bertz CT molecular complexity index is 803. The summed E-state index contributed by atoms with van der Waals surface area (Å²) >= 11 is 0. The second-order valence-corrected chi connectivity index (χ2v) is 6.93. The quantitative estimate of drug-likeness (QED) is 0.727. The number of amides is 1. The third kappa shape index (κ3) is 3.94. The zero-order valence-corrected chi connectivity index (χ0v) is 14.3. The van der Waals surface area contributed by atoms with Crippen LogP contribution in [0.2, 0.25) is 0 Å². The Morgan fingerprint density at radius 2 is 2.04 bits per heavy atom. The number of hydrogen-bond donors (Lipinski definition) is 2. The van der Waals surface area contributed by atoms with Crippen LogP contribution in [0.3, 0.4) is 0 Å². The van der Waals surface area contributed by atoms with Gasteiger partial charge in [-0.05, 0) is 48.5 Å². The van der Waals surface area contributed by atoms with Gasteiger partial charge in [-0.25, -0.2) is 0 Å². The van der Waals surface area contributed by atoms with E-state index in [-0.39, 0.29) is 5.91 Å². The molecule has 1 fully saturated rings. The number of rotatable bonds is 6. The summed E-state index contributed by atoms with van der Waals surface area (Å²) in [6.07, 6.45) is 4.97. The summed E-state index contributed by atoms with van der Waals surface area (Å²) in [4.78, 5) is 18.0. The van der Waals surface area contributed by atoms with Crippen molar-refractivity contribution < 1.29 is 4.79 Å². The van der Waals surface area contributed by atoms with Crippen LogP contribution in [0, 0.1) is 5.92 Å². The minimum absolute atomic E-state index is 0.0882. The number of para-hydroxylation sites is 1. The number of carbonyl (C=O) groups excluding carboxylic acids is 1. The van der Waals surface area contributed by atoms with Crippen LogP contribution in [0.5, 0.6) is 0 Å². The molecule has 4 rings (SSSR count). The topological polar surface area (TPSA) is 53.1 Å². The summed E-state index contributed by atoms with van der Waals surface area (Å²) in [6.45, 7) is 4.25. The van der Waals surface area contributed by atoms with E-state index in [0.717, 1.165) is 32.6 Å². The molecule has 3 heterocycles. The molecule has 0 aliphatic carbocycles. The van der Waals surface area contributed by atoms with E-state index in [9.17, 15) is 4.79 Å². The van der Waals surface area contributed by atoms with Gasteiger partial charge < -0.3 is 14.9 Å². The highest BCUT2D eigenvalue weighted by molar-refractivity contribution is 5.80. The fourth-order valence-corrected chi connectivity index (χ4v) is 3.64. The molecule has 0 saturated carbocycles. The van der Waals surface area contributed by atoms with Gasteiger partial charge in [0, 0.05) is 43.2 Å². The lowest BCUT2D eigenvalue weighted by molar-refractivity contribution is -0.121. The lowest BCUT2D eigenvalue weighted by Crippen LogP contribution is -2.33. The average molecular weight is 336 g/mol. The normalized spacial score (nSPS) is 18.0. The standard InChI is InChI=1S/C20H24N4O/c25-20(15-23-8-3-4-9-23)21-12-16-7-10-24(13-16)14-18-11-17-5-1-2-6-19(17)22-18/h1-6,8-9,11,16,22H,7,10,12-15H2,(H,21,25)/t16-/m0/s1. The van der Waals surface area contributed by atoms with Crippen molar-refractivity contribution in [2.24, 2.45) is 5.92 Å². The number of benzene rings is 1. The fraction of sp³-hybridized carbons (Fsp3) is 0.350. The minimum atomic E-state index is 0.0882. The number of aromatic amines is 1. The Kier molecular flexibility index (Phi) is 4.57. The highest BCUT2D eigenvalue weighted by Gasteiger charge is 2.23. The van der Waals surface area contributed by atoms with Gasteiger partial charge >= 0.3 is 0 Å². The maximum Gasteiger partial charge on any atom is 0.239 e. The predicted molar refractivity (Wildman–Crippen MR) is 99.1 cm³/mol. The molecule has 2 N–H and O–H groups in total. The smallest absolute Gasteiger partial charge is 0.239 e. The fourth-order valence-electron chi connectivity index (χ4n) is 3.64. The van der Waals surface area contributed by atoms with Crippen LogP contribution in [-0.4, -0.2) is 40.0 Å². The molecular weight excluding hydrogens is 312 g/mol. The van der Waals surface area contributed by atoms with Gasteiger partial charge in [0.25, 0.3) is 0 Å². The highest BCUT2D eigenvalue weighted by Crippen LogP contribution is 2.20. The van der Waals surface area contributed by atoms with E-state index in [1.165, 1.54) is 16.6 Å². The summed E-state index contributed by atoms with van der Waals surface area (Å²) in [5.41, 5.74) is 2.46. The Morgan fingerprint density at radius 1 is 1.20 bits per heavy atom. The SMILES string of the molecule is O=C(Cn1cccc1)NC[C@@H]1CCN(Cc2cc3ccccc3[nH]2)C1. The number of fused-ring (bicyclic) bond motifs is 1. The Hall–Kier alpha value is -2.53. The van der Waals surface area contributed by atoms with Crippen LogP contribution in [-0.2, 0) is 17.9 Å². The van der Waals surface area contributed by atoms with Crippen LogP contribution < -0.4 is 5.32 Å². The second kappa shape index (κ2) is 7.15. The molecule has 5 heteroatoms. The first kappa shape index (κ1) is 16.0. The summed E-state index contributed by atoms with van der Waals surface area (Å²) in [6, 6.07) is 14.5. The Morgan fingerprint density at radius 3 is 2.88 bits per heavy atom. The molecular formula is C20H24N4O. The zero-order chi connectivity index (χ0) is 17.1. The maximum atomic E-state index is 12.0. The van der Waals surface area contributed by atoms with E-state index in [2.05, 4.69) is 45.5 Å². The van der Waals surface area contributed by atoms with Gasteiger partial charge in [-0.15, -0.1) is 0 Å². The minimum Gasteiger partial charge on any atom is -0.357 e. The van der Waals surface area contributed by atoms with Crippen molar-refractivity contribution in [1.82, 2.24) is 19.8 Å². The van der Waals surface area contributed by atoms with Gasteiger partial charge in [0.1, 0.15) is 6.54 Å². The number of likely N-dealkylation sites (tertiary alicyclic amines) is 1. The van der Waals surface area contributed by atoms with Crippen LogP contribution in [0.25, 0.3) is 10.9 Å². The van der Waals surface area contributed by atoms with E-state index in [1.54, 1.807) is 0 Å². The number of nitrogens with zero attached hydrogens (tertiary/aromatic N) is 2. The molecule has 0 bridgehead atoms. The first-order valence-corrected chi connectivity index (χ1v) is 8.93.